The number of benzene rings is 1. The molecule has 0 unspecified atom stereocenters. The first-order chi connectivity index (χ1) is 12.0. The lowest BCUT2D eigenvalue weighted by Gasteiger charge is -2.32. The Hall–Kier alpha value is -1.15. The maximum atomic E-state index is 13.0. The predicted octanol–water partition coefficient (Wildman–Crippen LogP) is 2.11. The third-order valence-corrected chi connectivity index (χ3v) is 7.20. The molecule has 0 aromatic heterocycles. The zero-order chi connectivity index (χ0) is 17.9. The van der Waals surface area contributed by atoms with Crippen LogP contribution in [0.25, 0.3) is 0 Å². The summed E-state index contributed by atoms with van der Waals surface area (Å²) in [7, 11) is -1.69. The number of hydrogen-bond acceptors (Lipinski definition) is 4. The first kappa shape index (κ1) is 21.2. The number of likely N-dealkylation sites (tertiary alicyclic amines) is 1. The Morgan fingerprint density at radius 3 is 2.27 bits per heavy atom. The van der Waals surface area contributed by atoms with E-state index >= 15 is 0 Å². The van der Waals surface area contributed by atoms with E-state index in [1.54, 1.807) is 29.2 Å². The van der Waals surface area contributed by atoms with Crippen LogP contribution < -0.4 is 5.32 Å². The van der Waals surface area contributed by atoms with Crippen LogP contribution in [0.5, 0.6) is 0 Å². The van der Waals surface area contributed by atoms with Gasteiger partial charge in [0.25, 0.3) is 5.91 Å². The van der Waals surface area contributed by atoms with Crippen molar-refractivity contribution in [3.8, 4) is 0 Å². The average Bonchev–Trinajstić information content (AvgIpc) is 2.68. The third-order valence-electron chi connectivity index (χ3n) is 5.24. The zero-order valence-corrected chi connectivity index (χ0v) is 16.8. The summed E-state index contributed by atoms with van der Waals surface area (Å²) in [6, 6.07) is 7.07. The standard InChI is InChI=1S/C18H27N3O3S.ClH/c1-19-15-9-13-20(14-10-15)18(22)16-7-3-4-8-17(16)25(23,24)21-11-5-2-6-12-21;/h3-4,7-8,15,19H,2,5-6,9-14H2,1H3;1H. The topological polar surface area (TPSA) is 69.7 Å². The molecule has 2 heterocycles. The largest absolute Gasteiger partial charge is 0.338 e. The van der Waals surface area contributed by atoms with E-state index in [0.717, 1.165) is 32.1 Å². The Labute approximate surface area is 162 Å². The van der Waals surface area contributed by atoms with Crippen molar-refractivity contribution in [2.45, 2.75) is 43.0 Å². The first-order valence-corrected chi connectivity index (χ1v) is 10.5. The number of rotatable bonds is 4. The van der Waals surface area contributed by atoms with Crippen LogP contribution in [0.15, 0.2) is 29.2 Å². The highest BCUT2D eigenvalue weighted by atomic mass is 35.5. The number of amides is 1. The molecule has 3 rings (SSSR count). The summed E-state index contributed by atoms with van der Waals surface area (Å²) in [6.07, 6.45) is 4.61. The minimum absolute atomic E-state index is 0. The van der Waals surface area contributed by atoms with Crippen LogP contribution in [0.3, 0.4) is 0 Å². The molecule has 2 fully saturated rings. The van der Waals surface area contributed by atoms with Gasteiger partial charge < -0.3 is 10.2 Å². The quantitative estimate of drug-likeness (QED) is 0.838. The molecule has 0 radical (unpaired) electrons. The summed E-state index contributed by atoms with van der Waals surface area (Å²) >= 11 is 0. The predicted molar refractivity (Wildman–Crippen MR) is 104 cm³/mol. The van der Waals surface area contributed by atoms with Gasteiger partial charge in [-0.3, -0.25) is 4.79 Å². The Morgan fingerprint density at radius 1 is 1.04 bits per heavy atom. The summed E-state index contributed by atoms with van der Waals surface area (Å²) in [6.45, 7) is 2.39. The van der Waals surface area contributed by atoms with E-state index < -0.39 is 10.0 Å². The van der Waals surface area contributed by atoms with Crippen molar-refractivity contribution in [1.29, 1.82) is 0 Å². The molecule has 0 bridgehead atoms. The summed E-state index contributed by atoms with van der Waals surface area (Å²) in [4.78, 5) is 14.9. The molecule has 146 valence electrons. The number of piperidine rings is 2. The van der Waals surface area contributed by atoms with Crippen LogP contribution in [0.2, 0.25) is 0 Å². The SMILES string of the molecule is CNC1CCN(C(=O)c2ccccc2S(=O)(=O)N2CCCCC2)CC1.Cl. The van der Waals surface area contributed by atoms with Crippen molar-refractivity contribution in [3.05, 3.63) is 29.8 Å². The summed E-state index contributed by atoms with van der Waals surface area (Å²) in [5.74, 6) is -0.175. The molecule has 26 heavy (non-hydrogen) atoms. The van der Waals surface area contributed by atoms with Crippen LogP contribution in [0.1, 0.15) is 42.5 Å². The van der Waals surface area contributed by atoms with Gasteiger partial charge in [-0.25, -0.2) is 8.42 Å². The molecule has 6 nitrogen and oxygen atoms in total. The number of carbonyl (C=O) groups excluding carboxylic acids is 1. The van der Waals surface area contributed by atoms with E-state index in [2.05, 4.69) is 5.32 Å². The molecule has 1 amide bonds. The summed E-state index contributed by atoms with van der Waals surface area (Å²) < 4.78 is 27.6. The second-order valence-electron chi connectivity index (χ2n) is 6.82. The number of sulfonamides is 1. The maximum Gasteiger partial charge on any atom is 0.255 e. The molecule has 0 aliphatic carbocycles. The summed E-state index contributed by atoms with van der Waals surface area (Å²) in [5, 5.41) is 3.24. The van der Waals surface area contributed by atoms with Crippen molar-refractivity contribution in [3.63, 3.8) is 0 Å². The highest BCUT2D eigenvalue weighted by Gasteiger charge is 2.32. The van der Waals surface area contributed by atoms with Gasteiger partial charge in [-0.1, -0.05) is 18.6 Å². The van der Waals surface area contributed by atoms with Crippen LogP contribution in [0.4, 0.5) is 0 Å². The third kappa shape index (κ3) is 4.39. The van der Waals surface area contributed by atoms with Gasteiger partial charge in [-0.15, -0.1) is 12.4 Å². The molecular formula is C18H28ClN3O3S. The van der Waals surface area contributed by atoms with Crippen LogP contribution >= 0.6 is 12.4 Å². The smallest absolute Gasteiger partial charge is 0.255 e. The average molecular weight is 402 g/mol. The van der Waals surface area contributed by atoms with E-state index in [4.69, 9.17) is 0 Å². The number of hydrogen-bond donors (Lipinski definition) is 1. The highest BCUT2D eigenvalue weighted by molar-refractivity contribution is 7.89. The van der Waals surface area contributed by atoms with Crippen molar-refractivity contribution < 1.29 is 13.2 Å². The molecule has 0 atom stereocenters. The van der Waals surface area contributed by atoms with Crippen LogP contribution in [-0.2, 0) is 10.0 Å². The van der Waals surface area contributed by atoms with Gasteiger partial charge in [0.1, 0.15) is 0 Å². The van der Waals surface area contributed by atoms with Gasteiger partial charge in [0, 0.05) is 32.2 Å². The minimum atomic E-state index is -3.62. The van der Waals surface area contributed by atoms with Crippen molar-refractivity contribution in [1.82, 2.24) is 14.5 Å². The van der Waals surface area contributed by atoms with Gasteiger partial charge in [0.05, 0.1) is 10.5 Å². The van der Waals surface area contributed by atoms with Gasteiger partial charge in [-0.05, 0) is 44.9 Å². The molecule has 0 saturated carbocycles. The second-order valence-corrected chi connectivity index (χ2v) is 8.72. The van der Waals surface area contributed by atoms with E-state index in [1.807, 2.05) is 7.05 Å². The highest BCUT2D eigenvalue weighted by Crippen LogP contribution is 2.25. The fraction of sp³-hybridized carbons (Fsp3) is 0.611. The fourth-order valence-electron chi connectivity index (χ4n) is 3.65. The van der Waals surface area contributed by atoms with Crippen molar-refractivity contribution in [2.24, 2.45) is 0 Å². The molecule has 1 aromatic rings. The monoisotopic (exact) mass is 401 g/mol. The van der Waals surface area contributed by atoms with Crippen LogP contribution in [-0.4, -0.2) is 62.8 Å². The van der Waals surface area contributed by atoms with Crippen molar-refractivity contribution in [2.75, 3.05) is 33.2 Å². The number of nitrogens with zero attached hydrogens (tertiary/aromatic N) is 2. The molecule has 1 aromatic carbocycles. The molecule has 2 aliphatic heterocycles. The normalized spacial score (nSPS) is 19.8. The lowest BCUT2D eigenvalue weighted by atomic mass is 10.0. The van der Waals surface area contributed by atoms with Gasteiger partial charge in [0.15, 0.2) is 0 Å². The fourth-order valence-corrected chi connectivity index (χ4v) is 5.36. The molecule has 0 spiro atoms. The van der Waals surface area contributed by atoms with Gasteiger partial charge in [0.2, 0.25) is 10.0 Å². The Balaban J connectivity index is 0.00000243. The minimum Gasteiger partial charge on any atom is -0.338 e. The van der Waals surface area contributed by atoms with Crippen molar-refractivity contribution >= 4 is 28.3 Å². The van der Waals surface area contributed by atoms with E-state index in [-0.39, 0.29) is 23.2 Å². The zero-order valence-electron chi connectivity index (χ0n) is 15.2. The van der Waals surface area contributed by atoms with E-state index in [9.17, 15) is 13.2 Å². The Morgan fingerprint density at radius 2 is 1.65 bits per heavy atom. The number of halogens is 1. The van der Waals surface area contributed by atoms with E-state index in [0.29, 0.717) is 37.8 Å². The Bertz CT molecular complexity index is 712. The lowest BCUT2D eigenvalue weighted by Crippen LogP contribution is -2.44. The van der Waals surface area contributed by atoms with Crippen LogP contribution in [0, 0.1) is 0 Å². The molecule has 2 aliphatic rings. The second kappa shape index (κ2) is 9.17. The first-order valence-electron chi connectivity index (χ1n) is 9.10. The Kier molecular flexibility index (Phi) is 7.46. The van der Waals surface area contributed by atoms with Gasteiger partial charge >= 0.3 is 0 Å². The summed E-state index contributed by atoms with van der Waals surface area (Å²) in [5.41, 5.74) is 0.302. The number of nitrogens with one attached hydrogen (secondary N) is 1. The lowest BCUT2D eigenvalue weighted by molar-refractivity contribution is 0.0703. The van der Waals surface area contributed by atoms with E-state index in [1.165, 1.54) is 4.31 Å². The molecule has 1 N–H and O–H groups in total. The molecule has 8 heteroatoms. The van der Waals surface area contributed by atoms with Gasteiger partial charge in [-0.2, -0.15) is 4.31 Å². The maximum absolute atomic E-state index is 13.0. The number of carbonyl (C=O) groups is 1. The molecule has 2 saturated heterocycles. The molecular weight excluding hydrogens is 374 g/mol.